The number of alkyl carbamates (subject to hydrolysis) is 1. The third kappa shape index (κ3) is 13.6. The second-order valence-corrected chi connectivity index (χ2v) is 10.5. The van der Waals surface area contributed by atoms with Crippen LogP contribution in [0.15, 0.2) is 24.3 Å². The number of carbonyl (C=O) groups is 2. The molecule has 0 atom stereocenters. The van der Waals surface area contributed by atoms with Gasteiger partial charge >= 0.3 is 20.9 Å². The van der Waals surface area contributed by atoms with Crippen molar-refractivity contribution in [3.05, 3.63) is 35.7 Å². The van der Waals surface area contributed by atoms with Crippen molar-refractivity contribution in [1.82, 2.24) is 5.32 Å². The quantitative estimate of drug-likeness (QED) is 0.137. The van der Waals surface area contributed by atoms with E-state index < -0.39 is 26.7 Å². The fraction of sp³-hybridized carbons (Fsp3) is 0.600. The molecule has 0 heterocycles. The second kappa shape index (κ2) is 18.7. The molecule has 0 saturated carbocycles. The van der Waals surface area contributed by atoms with Crippen LogP contribution in [0.1, 0.15) is 58.4 Å². The maximum atomic E-state index is 13.9. The molecule has 0 aliphatic carbocycles. The second-order valence-electron chi connectivity index (χ2n) is 7.77. The summed E-state index contributed by atoms with van der Waals surface area (Å²) in [5.74, 6) is -1.48. The van der Waals surface area contributed by atoms with Gasteiger partial charge in [-0.3, -0.25) is 0 Å². The summed E-state index contributed by atoms with van der Waals surface area (Å²) < 4.78 is 41.9. The molecule has 0 fully saturated rings. The van der Waals surface area contributed by atoms with Crippen molar-refractivity contribution in [3.63, 3.8) is 0 Å². The lowest BCUT2D eigenvalue weighted by Gasteiger charge is -2.28. The van der Waals surface area contributed by atoms with Gasteiger partial charge in [0.15, 0.2) is 11.6 Å². The van der Waals surface area contributed by atoms with Gasteiger partial charge in [-0.1, -0.05) is 6.07 Å². The van der Waals surface area contributed by atoms with Crippen molar-refractivity contribution >= 4 is 26.9 Å². The summed E-state index contributed by atoms with van der Waals surface area (Å²) in [6, 6.07) is 4.82. The van der Waals surface area contributed by atoms with Crippen molar-refractivity contribution in [2.75, 3.05) is 39.6 Å². The van der Waals surface area contributed by atoms with Gasteiger partial charge in [-0.25, -0.2) is 14.0 Å². The predicted molar refractivity (Wildman–Crippen MR) is 136 cm³/mol. The average molecular weight is 530 g/mol. The Hall–Kier alpha value is -2.47. The Morgan fingerprint density at radius 2 is 1.61 bits per heavy atom. The monoisotopic (exact) mass is 529 g/mol. The molecule has 0 saturated heterocycles. The Morgan fingerprint density at radius 1 is 0.972 bits per heavy atom. The van der Waals surface area contributed by atoms with Gasteiger partial charge in [-0.2, -0.15) is 0 Å². The number of hydrogen-bond acceptors (Lipinski definition) is 7. The largest absolute Gasteiger partial charge is 0.500 e. The number of amides is 1. The van der Waals surface area contributed by atoms with Gasteiger partial charge in [0.1, 0.15) is 0 Å². The maximum Gasteiger partial charge on any atom is 0.500 e. The molecule has 9 nitrogen and oxygen atoms in total. The van der Waals surface area contributed by atoms with E-state index in [1.807, 2.05) is 20.8 Å². The van der Waals surface area contributed by atoms with Crippen LogP contribution in [0, 0.1) is 5.82 Å². The molecule has 0 aromatic heterocycles. The zero-order valence-electron chi connectivity index (χ0n) is 21.6. The van der Waals surface area contributed by atoms with E-state index >= 15 is 0 Å². The Morgan fingerprint density at radius 3 is 2.22 bits per heavy atom. The van der Waals surface area contributed by atoms with Gasteiger partial charge in [0.05, 0.1) is 13.2 Å². The number of hydrogen-bond donors (Lipinski definition) is 2. The van der Waals surface area contributed by atoms with Crippen molar-refractivity contribution < 1.29 is 41.8 Å². The first-order valence-electron chi connectivity index (χ1n) is 12.5. The molecular weight excluding hydrogens is 489 g/mol. The topological polar surface area (TPSA) is 113 Å². The first-order valence-corrected chi connectivity index (χ1v) is 14.4. The van der Waals surface area contributed by atoms with Crippen molar-refractivity contribution in [2.45, 2.75) is 58.9 Å². The number of carboxylic acids is 1. The summed E-state index contributed by atoms with van der Waals surface area (Å²) in [7, 11) is -2.70. The number of ether oxygens (including phenoxy) is 2. The van der Waals surface area contributed by atoms with E-state index in [0.717, 1.165) is 18.9 Å². The molecule has 36 heavy (non-hydrogen) atoms. The lowest BCUT2D eigenvalue weighted by Crippen LogP contribution is -2.46. The summed E-state index contributed by atoms with van der Waals surface area (Å²) >= 11 is 0. The van der Waals surface area contributed by atoms with Gasteiger partial charge in [0, 0.05) is 38.5 Å². The summed E-state index contributed by atoms with van der Waals surface area (Å²) in [5.41, 5.74) is 0.545. The van der Waals surface area contributed by atoms with E-state index in [4.69, 9.17) is 27.9 Å². The molecule has 11 heteroatoms. The van der Waals surface area contributed by atoms with E-state index in [1.54, 1.807) is 0 Å². The average Bonchev–Trinajstić information content (AvgIpc) is 2.84. The van der Waals surface area contributed by atoms with E-state index in [0.29, 0.717) is 70.4 Å². The van der Waals surface area contributed by atoms with E-state index in [9.17, 15) is 14.0 Å². The Bertz CT molecular complexity index is 791. The Labute approximate surface area is 214 Å². The molecule has 204 valence electrons. The highest BCUT2D eigenvalue weighted by atomic mass is 28.4. The Kier molecular flexibility index (Phi) is 16.4. The van der Waals surface area contributed by atoms with Crippen LogP contribution >= 0.6 is 0 Å². The van der Waals surface area contributed by atoms with Gasteiger partial charge in [0.25, 0.3) is 0 Å². The van der Waals surface area contributed by atoms with Crippen LogP contribution < -0.4 is 10.1 Å². The van der Waals surface area contributed by atoms with Crippen molar-refractivity contribution in [1.29, 1.82) is 0 Å². The molecular formula is C25H40FNO8Si. The molecule has 1 amide bonds. The molecule has 0 aliphatic rings. The number of rotatable bonds is 20. The van der Waals surface area contributed by atoms with Crippen LogP contribution in [-0.4, -0.2) is 65.6 Å². The normalized spacial score (nSPS) is 11.6. The lowest BCUT2D eigenvalue weighted by molar-refractivity contribution is -0.131. The maximum absolute atomic E-state index is 13.9. The SMILES string of the molecule is CCO[Si](CCCNC(=O)OCCCCCCOc1cc(/C=C/C(=O)O)ccc1F)(OCC)OCC. The number of benzene rings is 1. The standard InChI is InChI=1S/C25H40FNO8Si/c1-4-33-36(34-5-2,35-6-3)19-11-16-27-25(30)32-18-10-8-7-9-17-31-23-20-21(12-14-22(23)26)13-15-24(28)29/h12-15,20H,4-11,16-19H2,1-3H3,(H,27,30)(H,28,29)/b15-13+. The fourth-order valence-electron chi connectivity index (χ4n) is 3.35. The zero-order valence-corrected chi connectivity index (χ0v) is 22.6. The number of nitrogens with one attached hydrogen (secondary N) is 1. The van der Waals surface area contributed by atoms with Crippen LogP contribution in [0.5, 0.6) is 5.75 Å². The van der Waals surface area contributed by atoms with Crippen LogP contribution in [0.25, 0.3) is 6.08 Å². The summed E-state index contributed by atoms with van der Waals surface area (Å²) in [5, 5.41) is 11.4. The number of unbranched alkanes of at least 4 members (excludes halogenated alkanes) is 3. The lowest BCUT2D eigenvalue weighted by atomic mass is 10.2. The molecule has 1 rings (SSSR count). The molecule has 0 aliphatic heterocycles. The highest BCUT2D eigenvalue weighted by Crippen LogP contribution is 2.20. The molecule has 0 unspecified atom stereocenters. The Balaban J connectivity index is 2.16. The first-order chi connectivity index (χ1) is 17.4. The highest BCUT2D eigenvalue weighted by molar-refractivity contribution is 6.60. The number of carboxylic acid groups (broad SMARTS) is 1. The predicted octanol–water partition coefficient (Wildman–Crippen LogP) is 5.03. The minimum absolute atomic E-state index is 0.0891. The summed E-state index contributed by atoms with van der Waals surface area (Å²) in [6.07, 6.45) is 5.68. The van der Waals surface area contributed by atoms with Gasteiger partial charge in [-0.15, -0.1) is 0 Å². The third-order valence-electron chi connectivity index (χ3n) is 4.92. The first kappa shape index (κ1) is 31.6. The van der Waals surface area contributed by atoms with E-state index in [2.05, 4.69) is 5.32 Å². The minimum atomic E-state index is -2.70. The number of aliphatic carboxylic acids is 1. The van der Waals surface area contributed by atoms with Crippen molar-refractivity contribution in [2.24, 2.45) is 0 Å². The van der Waals surface area contributed by atoms with Gasteiger partial charge < -0.3 is 33.2 Å². The minimum Gasteiger partial charge on any atom is -0.490 e. The van der Waals surface area contributed by atoms with Gasteiger partial charge in [0.2, 0.25) is 0 Å². The molecule has 1 aromatic carbocycles. The van der Waals surface area contributed by atoms with Gasteiger partial charge in [-0.05, 0) is 76.6 Å². The zero-order chi connectivity index (χ0) is 26.7. The van der Waals surface area contributed by atoms with Crippen LogP contribution in [-0.2, 0) is 22.8 Å². The molecule has 0 spiro atoms. The third-order valence-corrected chi connectivity index (χ3v) is 8.08. The fourth-order valence-corrected chi connectivity index (χ4v) is 5.97. The van der Waals surface area contributed by atoms with E-state index in [-0.39, 0.29) is 5.75 Å². The van der Waals surface area contributed by atoms with Crippen LogP contribution in [0.2, 0.25) is 6.04 Å². The molecule has 1 aromatic rings. The van der Waals surface area contributed by atoms with Crippen LogP contribution in [0.4, 0.5) is 9.18 Å². The summed E-state index contributed by atoms with van der Waals surface area (Å²) in [4.78, 5) is 22.5. The highest BCUT2D eigenvalue weighted by Gasteiger charge is 2.39. The molecule has 0 bridgehead atoms. The summed E-state index contributed by atoms with van der Waals surface area (Å²) in [6.45, 7) is 8.37. The smallest absolute Gasteiger partial charge is 0.490 e. The van der Waals surface area contributed by atoms with Crippen molar-refractivity contribution in [3.8, 4) is 5.75 Å². The molecule has 0 radical (unpaired) electrons. The number of carbonyl (C=O) groups excluding carboxylic acids is 1. The van der Waals surface area contributed by atoms with E-state index in [1.165, 1.54) is 24.3 Å². The number of halogens is 1. The van der Waals surface area contributed by atoms with Crippen LogP contribution in [0.3, 0.4) is 0 Å². The molecule has 2 N–H and O–H groups in total.